The lowest BCUT2D eigenvalue weighted by Crippen LogP contribution is -2.35. The van der Waals surface area contributed by atoms with Crippen LogP contribution in [0.2, 0.25) is 0 Å². The highest BCUT2D eigenvalue weighted by Crippen LogP contribution is 2.25. The van der Waals surface area contributed by atoms with Crippen LogP contribution in [-0.4, -0.2) is 30.2 Å². The van der Waals surface area contributed by atoms with Crippen LogP contribution in [0.25, 0.3) is 0 Å². The van der Waals surface area contributed by atoms with Crippen LogP contribution in [0.4, 0.5) is 5.69 Å². The molecule has 0 saturated heterocycles. The number of rotatable bonds is 3. The first-order chi connectivity index (χ1) is 8.22. The molecular weight excluding hydrogens is 216 g/mol. The molecule has 92 valence electrons. The van der Waals surface area contributed by atoms with Crippen molar-refractivity contribution in [3.63, 3.8) is 0 Å². The van der Waals surface area contributed by atoms with Crippen molar-refractivity contribution in [3.8, 4) is 0 Å². The summed E-state index contributed by atoms with van der Waals surface area (Å²) in [7, 11) is 0. The molecule has 1 aliphatic heterocycles. The van der Waals surface area contributed by atoms with E-state index < -0.39 is 0 Å². The van der Waals surface area contributed by atoms with Crippen molar-refractivity contribution in [1.29, 1.82) is 0 Å². The Labute approximate surface area is 101 Å². The van der Waals surface area contributed by atoms with E-state index in [0.29, 0.717) is 0 Å². The number of nitrogens with one attached hydrogen (secondary N) is 2. The largest absolute Gasteiger partial charge is 0.394 e. The fourth-order valence-electron chi connectivity index (χ4n) is 2.07. The van der Waals surface area contributed by atoms with Gasteiger partial charge in [-0.05, 0) is 37.5 Å². The summed E-state index contributed by atoms with van der Waals surface area (Å²) in [5.41, 5.74) is 2.86. The lowest BCUT2D eigenvalue weighted by atomic mass is 9.97. The van der Waals surface area contributed by atoms with Gasteiger partial charge < -0.3 is 15.7 Å². The molecule has 1 aliphatic rings. The van der Waals surface area contributed by atoms with Crippen LogP contribution in [0.1, 0.15) is 29.3 Å². The number of carbonyl (C=O) groups is 1. The van der Waals surface area contributed by atoms with Gasteiger partial charge in [0.1, 0.15) is 0 Å². The van der Waals surface area contributed by atoms with Gasteiger partial charge in [-0.2, -0.15) is 0 Å². The summed E-state index contributed by atoms with van der Waals surface area (Å²) in [6.45, 7) is 2.70. The highest BCUT2D eigenvalue weighted by Gasteiger charge is 2.18. The molecule has 0 spiro atoms. The topological polar surface area (TPSA) is 61.4 Å². The van der Waals surface area contributed by atoms with Gasteiger partial charge in [-0.3, -0.25) is 4.79 Å². The molecule has 2 rings (SSSR count). The number of amides is 1. The van der Waals surface area contributed by atoms with E-state index in [1.807, 2.05) is 18.2 Å². The molecule has 0 fully saturated rings. The summed E-state index contributed by atoms with van der Waals surface area (Å²) < 4.78 is 0. The van der Waals surface area contributed by atoms with Crippen LogP contribution >= 0.6 is 0 Å². The second-order valence-electron chi connectivity index (χ2n) is 4.42. The molecule has 4 heteroatoms. The third kappa shape index (κ3) is 2.58. The number of aliphatic hydroxyl groups excluding tert-OH is 1. The molecule has 0 aromatic heterocycles. The highest BCUT2D eigenvalue weighted by molar-refractivity contribution is 5.97. The minimum atomic E-state index is -0.213. The SMILES string of the molecule is C[C@H](CO)NC(=O)c1cccc2c1CCCN2. The number of aliphatic hydroxyl groups is 1. The fourth-order valence-corrected chi connectivity index (χ4v) is 2.07. The van der Waals surface area contributed by atoms with Crippen LogP contribution in [0.5, 0.6) is 0 Å². The van der Waals surface area contributed by atoms with E-state index in [-0.39, 0.29) is 18.6 Å². The van der Waals surface area contributed by atoms with E-state index in [4.69, 9.17) is 5.11 Å². The van der Waals surface area contributed by atoms with E-state index in [1.54, 1.807) is 6.92 Å². The van der Waals surface area contributed by atoms with Gasteiger partial charge in [0, 0.05) is 23.8 Å². The number of hydrogen-bond donors (Lipinski definition) is 3. The molecule has 4 nitrogen and oxygen atoms in total. The Bertz CT molecular complexity index is 418. The minimum Gasteiger partial charge on any atom is -0.394 e. The molecule has 1 heterocycles. The van der Waals surface area contributed by atoms with Crippen molar-refractivity contribution in [1.82, 2.24) is 5.32 Å². The Morgan fingerprint density at radius 3 is 3.18 bits per heavy atom. The Kier molecular flexibility index (Phi) is 3.64. The minimum absolute atomic E-state index is 0.0426. The molecule has 1 amide bonds. The van der Waals surface area contributed by atoms with Crippen molar-refractivity contribution in [2.75, 3.05) is 18.5 Å². The van der Waals surface area contributed by atoms with Crippen molar-refractivity contribution >= 4 is 11.6 Å². The lowest BCUT2D eigenvalue weighted by molar-refractivity contribution is 0.0921. The standard InChI is InChI=1S/C13H18N2O2/c1-9(8-16)15-13(17)11-4-2-6-12-10(11)5-3-7-14-12/h2,4,6,9,14,16H,3,5,7-8H2,1H3,(H,15,17)/t9-/m1/s1. The molecule has 0 aliphatic carbocycles. The van der Waals surface area contributed by atoms with E-state index >= 15 is 0 Å². The quantitative estimate of drug-likeness (QED) is 0.735. The molecule has 0 radical (unpaired) electrons. The molecule has 1 aromatic carbocycles. The van der Waals surface area contributed by atoms with Gasteiger partial charge in [0.25, 0.3) is 5.91 Å². The molecule has 0 saturated carbocycles. The predicted molar refractivity (Wildman–Crippen MR) is 67.3 cm³/mol. The van der Waals surface area contributed by atoms with E-state index in [2.05, 4.69) is 10.6 Å². The van der Waals surface area contributed by atoms with Crippen molar-refractivity contribution in [2.45, 2.75) is 25.8 Å². The van der Waals surface area contributed by atoms with Gasteiger partial charge >= 0.3 is 0 Å². The normalized spacial score (nSPS) is 15.6. The molecule has 1 aromatic rings. The van der Waals surface area contributed by atoms with Crippen LogP contribution in [0.3, 0.4) is 0 Å². The van der Waals surface area contributed by atoms with Crippen LogP contribution < -0.4 is 10.6 Å². The second-order valence-corrected chi connectivity index (χ2v) is 4.42. The summed E-state index contributed by atoms with van der Waals surface area (Å²) in [6.07, 6.45) is 1.98. The number of hydrogen-bond acceptors (Lipinski definition) is 3. The van der Waals surface area contributed by atoms with Crippen LogP contribution in [0, 0.1) is 0 Å². The molecular formula is C13H18N2O2. The van der Waals surface area contributed by atoms with Gasteiger partial charge in [-0.25, -0.2) is 0 Å². The van der Waals surface area contributed by atoms with E-state index in [1.165, 1.54) is 0 Å². The van der Waals surface area contributed by atoms with Crippen LogP contribution in [0.15, 0.2) is 18.2 Å². The van der Waals surface area contributed by atoms with Gasteiger partial charge in [0.05, 0.1) is 6.61 Å². The first kappa shape index (κ1) is 11.9. The predicted octanol–water partition coefficient (Wildman–Crippen LogP) is 1.16. The molecule has 0 unspecified atom stereocenters. The average molecular weight is 234 g/mol. The maximum absolute atomic E-state index is 12.0. The van der Waals surface area contributed by atoms with Crippen molar-refractivity contribution in [3.05, 3.63) is 29.3 Å². The highest BCUT2D eigenvalue weighted by atomic mass is 16.3. The average Bonchev–Trinajstić information content (AvgIpc) is 2.37. The number of fused-ring (bicyclic) bond motifs is 1. The Balaban J connectivity index is 2.23. The molecule has 17 heavy (non-hydrogen) atoms. The smallest absolute Gasteiger partial charge is 0.251 e. The zero-order valence-electron chi connectivity index (χ0n) is 9.99. The van der Waals surface area contributed by atoms with Gasteiger partial charge in [0.15, 0.2) is 0 Å². The van der Waals surface area contributed by atoms with Crippen LogP contribution in [-0.2, 0) is 6.42 Å². The molecule has 3 N–H and O–H groups in total. The Morgan fingerprint density at radius 1 is 1.59 bits per heavy atom. The lowest BCUT2D eigenvalue weighted by Gasteiger charge is -2.21. The van der Waals surface area contributed by atoms with Gasteiger partial charge in [-0.15, -0.1) is 0 Å². The maximum atomic E-state index is 12.0. The third-order valence-electron chi connectivity index (χ3n) is 2.99. The van der Waals surface area contributed by atoms with E-state index in [9.17, 15) is 4.79 Å². The fraction of sp³-hybridized carbons (Fsp3) is 0.462. The summed E-state index contributed by atoms with van der Waals surface area (Å²) in [4.78, 5) is 12.0. The maximum Gasteiger partial charge on any atom is 0.251 e. The number of benzene rings is 1. The monoisotopic (exact) mass is 234 g/mol. The van der Waals surface area contributed by atoms with Crippen molar-refractivity contribution < 1.29 is 9.90 Å². The molecule has 1 atom stereocenters. The second kappa shape index (κ2) is 5.19. The van der Waals surface area contributed by atoms with E-state index in [0.717, 1.165) is 36.2 Å². The van der Waals surface area contributed by atoms with Gasteiger partial charge in [0.2, 0.25) is 0 Å². The summed E-state index contributed by atoms with van der Waals surface area (Å²) in [6, 6.07) is 5.51. The molecule has 0 bridgehead atoms. The Morgan fingerprint density at radius 2 is 2.41 bits per heavy atom. The third-order valence-corrected chi connectivity index (χ3v) is 2.99. The zero-order chi connectivity index (χ0) is 12.3. The Hall–Kier alpha value is -1.55. The number of anilines is 1. The van der Waals surface area contributed by atoms with Crippen molar-refractivity contribution in [2.24, 2.45) is 0 Å². The summed E-state index contributed by atoms with van der Waals surface area (Å²) in [5, 5.41) is 15.0. The number of carbonyl (C=O) groups excluding carboxylic acids is 1. The zero-order valence-corrected chi connectivity index (χ0v) is 9.99. The summed E-state index contributed by atoms with van der Waals surface area (Å²) >= 11 is 0. The first-order valence-electron chi connectivity index (χ1n) is 6.00. The summed E-state index contributed by atoms with van der Waals surface area (Å²) in [5.74, 6) is -0.105. The first-order valence-corrected chi connectivity index (χ1v) is 6.00. The van der Waals surface area contributed by atoms with Gasteiger partial charge in [-0.1, -0.05) is 6.07 Å².